The number of nitrogens with one attached hydrogen (secondary N) is 7. The summed E-state index contributed by atoms with van der Waals surface area (Å²) in [6.45, 7) is 16.8. The summed E-state index contributed by atoms with van der Waals surface area (Å²) in [4.78, 5) is 63.1. The Morgan fingerprint density at radius 1 is 0.761 bits per heavy atom. The Hall–Kier alpha value is -4.69. The van der Waals surface area contributed by atoms with E-state index in [4.69, 9.17) is 9.47 Å². The fourth-order valence-corrected chi connectivity index (χ4v) is 3.78. The van der Waals surface area contributed by atoms with Gasteiger partial charge in [-0.3, -0.25) is 0 Å². The minimum absolute atomic E-state index is 0.0770. The van der Waals surface area contributed by atoms with E-state index in [-0.39, 0.29) is 50.9 Å². The molecule has 4 atom stereocenters. The lowest BCUT2D eigenvalue weighted by molar-refractivity contribution is 0.0508. The van der Waals surface area contributed by atoms with Crippen LogP contribution >= 0.6 is 0 Å². The maximum Gasteiger partial charge on any atom is 0.407 e. The molecule has 1 rings (SSSR count). The van der Waals surface area contributed by atoms with Crippen molar-refractivity contribution in [1.82, 2.24) is 42.1 Å². The van der Waals surface area contributed by atoms with Crippen LogP contribution in [0.5, 0.6) is 0 Å². The van der Waals surface area contributed by atoms with Crippen LogP contribution in [0.25, 0.3) is 0 Å². The van der Waals surface area contributed by atoms with Crippen LogP contribution in [0.3, 0.4) is 0 Å². The summed E-state index contributed by atoms with van der Waals surface area (Å²) in [5, 5.41) is 18.9. The first-order chi connectivity index (χ1) is 21.6. The third kappa shape index (κ3) is 18.2. The van der Waals surface area contributed by atoms with Gasteiger partial charge in [0.2, 0.25) is 0 Å². The van der Waals surface area contributed by atoms with Gasteiger partial charge in [-0.05, 0) is 54.0 Å². The number of carbonyl (C=O) groups excluding carboxylic acids is 5. The van der Waals surface area contributed by atoms with Crippen molar-refractivity contribution in [1.29, 1.82) is 0 Å². The number of benzene rings is 1. The summed E-state index contributed by atoms with van der Waals surface area (Å²) in [6.07, 6.45) is 0.278. The normalized spacial score (nSPS) is 13.4. The van der Waals surface area contributed by atoms with Crippen LogP contribution < -0.4 is 37.2 Å². The van der Waals surface area contributed by atoms with Gasteiger partial charge in [-0.25, -0.2) is 24.0 Å². The number of hydrogen-bond donors (Lipinski definition) is 7. The van der Waals surface area contributed by atoms with Gasteiger partial charge in [0.1, 0.15) is 12.2 Å². The molecule has 0 aliphatic rings. The molecule has 0 aliphatic heterocycles. The van der Waals surface area contributed by atoms with Crippen LogP contribution in [-0.4, -0.2) is 97.7 Å². The lowest BCUT2D eigenvalue weighted by Crippen LogP contribution is -2.53. The second-order valence-corrected chi connectivity index (χ2v) is 12.0. The SMILES string of the molecule is C=CCOC(=O)NC[C@H](C)N(Cc1ccccc1)C(=O)NC[C@@H](C)NC(=O)NC[C@H](C)NC(=O)NC[C@@H](C)NC(=O)OC(C)(C)C. The summed E-state index contributed by atoms with van der Waals surface area (Å²) in [5.41, 5.74) is 0.285. The maximum atomic E-state index is 13.2. The average Bonchev–Trinajstić information content (AvgIpc) is 2.97. The molecule has 0 fully saturated rings. The zero-order chi connectivity index (χ0) is 34.7. The summed E-state index contributed by atoms with van der Waals surface area (Å²) >= 11 is 0. The molecular weight excluding hydrogens is 596 g/mol. The Balaban J connectivity index is 2.47. The molecule has 0 spiro atoms. The first kappa shape index (κ1) is 39.3. The van der Waals surface area contributed by atoms with Crippen LogP contribution in [0.2, 0.25) is 0 Å². The van der Waals surface area contributed by atoms with Gasteiger partial charge in [-0.15, -0.1) is 0 Å². The van der Waals surface area contributed by atoms with E-state index < -0.39 is 41.9 Å². The molecule has 0 radical (unpaired) electrons. The molecule has 1 aromatic rings. The molecule has 0 heterocycles. The van der Waals surface area contributed by atoms with Gasteiger partial charge in [0.25, 0.3) is 0 Å². The summed E-state index contributed by atoms with van der Waals surface area (Å²) in [7, 11) is 0. The Labute approximate surface area is 272 Å². The molecule has 15 nitrogen and oxygen atoms in total. The fourth-order valence-electron chi connectivity index (χ4n) is 3.78. The van der Waals surface area contributed by atoms with E-state index >= 15 is 0 Å². The molecule has 0 aromatic heterocycles. The van der Waals surface area contributed by atoms with E-state index in [1.54, 1.807) is 46.4 Å². The number of amides is 8. The lowest BCUT2D eigenvalue weighted by atomic mass is 10.2. The highest BCUT2D eigenvalue weighted by Crippen LogP contribution is 2.09. The summed E-state index contributed by atoms with van der Waals surface area (Å²) in [6, 6.07) is 6.58. The van der Waals surface area contributed by atoms with Gasteiger partial charge >= 0.3 is 30.3 Å². The van der Waals surface area contributed by atoms with Crippen molar-refractivity contribution < 1.29 is 33.4 Å². The van der Waals surface area contributed by atoms with E-state index in [1.165, 1.54) is 6.08 Å². The maximum absolute atomic E-state index is 13.2. The van der Waals surface area contributed by atoms with E-state index in [1.807, 2.05) is 37.3 Å². The standard InChI is InChI=1S/C31H52N8O7/c1-9-15-45-29(43)35-19-24(5)39(20-25-13-11-10-12-14-25)28(42)34-18-22(3)37-26(40)32-16-21(2)36-27(41)33-17-23(4)38-30(44)46-31(6,7)8/h9-14,21-24H,1,15-20H2,2-8H3,(H,34,42)(H,35,43)(H,38,44)(H2,32,37,40)(H2,33,36,41)/t21-,22+,23+,24-/m0/s1. The Morgan fingerprint density at radius 2 is 1.28 bits per heavy atom. The van der Waals surface area contributed by atoms with Crippen molar-refractivity contribution in [2.24, 2.45) is 0 Å². The molecule has 15 heteroatoms. The molecule has 0 unspecified atom stereocenters. The number of rotatable bonds is 16. The largest absolute Gasteiger partial charge is 0.445 e. The molecule has 8 amide bonds. The van der Waals surface area contributed by atoms with Gasteiger partial charge in [-0.2, -0.15) is 0 Å². The van der Waals surface area contributed by atoms with E-state index in [0.29, 0.717) is 6.54 Å². The van der Waals surface area contributed by atoms with Crippen molar-refractivity contribution in [3.05, 3.63) is 48.6 Å². The second kappa shape index (κ2) is 20.4. The van der Waals surface area contributed by atoms with Gasteiger partial charge in [-0.1, -0.05) is 43.0 Å². The molecule has 0 saturated heterocycles. The van der Waals surface area contributed by atoms with Gasteiger partial charge < -0.3 is 51.6 Å². The van der Waals surface area contributed by atoms with Crippen LogP contribution in [-0.2, 0) is 16.0 Å². The minimum Gasteiger partial charge on any atom is -0.445 e. The molecule has 258 valence electrons. The molecular formula is C31H52N8O7. The number of nitrogens with zero attached hydrogens (tertiary/aromatic N) is 1. The summed E-state index contributed by atoms with van der Waals surface area (Å²) < 4.78 is 10.1. The Kier molecular flexibility index (Phi) is 17.4. The highest BCUT2D eigenvalue weighted by molar-refractivity contribution is 5.77. The second-order valence-electron chi connectivity index (χ2n) is 12.0. The number of alkyl carbamates (subject to hydrolysis) is 2. The van der Waals surface area contributed by atoms with Crippen LogP contribution in [0, 0.1) is 0 Å². The summed E-state index contributed by atoms with van der Waals surface area (Å²) in [5.74, 6) is 0. The number of ether oxygens (including phenoxy) is 2. The predicted molar refractivity (Wildman–Crippen MR) is 175 cm³/mol. The van der Waals surface area contributed by atoms with Crippen LogP contribution in [0.4, 0.5) is 24.0 Å². The molecule has 7 N–H and O–H groups in total. The first-order valence-electron chi connectivity index (χ1n) is 15.3. The van der Waals surface area contributed by atoms with E-state index in [2.05, 4.69) is 43.8 Å². The zero-order valence-electron chi connectivity index (χ0n) is 28.0. The molecule has 0 bridgehead atoms. The number of carbonyl (C=O) groups is 5. The average molecular weight is 649 g/mol. The van der Waals surface area contributed by atoms with Gasteiger partial charge in [0.15, 0.2) is 0 Å². The van der Waals surface area contributed by atoms with Crippen molar-refractivity contribution in [2.75, 3.05) is 32.8 Å². The highest BCUT2D eigenvalue weighted by Gasteiger charge is 2.22. The Morgan fingerprint density at radius 3 is 1.80 bits per heavy atom. The smallest absolute Gasteiger partial charge is 0.407 e. The topological polar surface area (TPSA) is 191 Å². The quantitative estimate of drug-likeness (QED) is 0.134. The van der Waals surface area contributed by atoms with Crippen molar-refractivity contribution in [2.45, 2.75) is 84.8 Å². The zero-order valence-corrected chi connectivity index (χ0v) is 28.0. The van der Waals surface area contributed by atoms with Crippen molar-refractivity contribution in [3.63, 3.8) is 0 Å². The predicted octanol–water partition coefficient (Wildman–Crippen LogP) is 2.79. The number of urea groups is 3. The lowest BCUT2D eigenvalue weighted by Gasteiger charge is -2.30. The van der Waals surface area contributed by atoms with Gasteiger partial charge in [0.05, 0.1) is 0 Å². The van der Waals surface area contributed by atoms with Crippen LogP contribution in [0.1, 0.15) is 54.0 Å². The molecule has 0 aliphatic carbocycles. The monoisotopic (exact) mass is 648 g/mol. The Bertz CT molecular complexity index is 1130. The number of hydrogen-bond acceptors (Lipinski definition) is 7. The van der Waals surface area contributed by atoms with E-state index in [0.717, 1.165) is 5.56 Å². The van der Waals surface area contributed by atoms with E-state index in [9.17, 15) is 24.0 Å². The third-order valence-electron chi connectivity index (χ3n) is 6.08. The molecule has 1 aromatic carbocycles. The fraction of sp³-hybridized carbons (Fsp3) is 0.581. The van der Waals surface area contributed by atoms with Crippen molar-refractivity contribution >= 4 is 30.3 Å². The van der Waals surface area contributed by atoms with Crippen molar-refractivity contribution in [3.8, 4) is 0 Å². The highest BCUT2D eigenvalue weighted by atomic mass is 16.6. The third-order valence-corrected chi connectivity index (χ3v) is 6.08. The van der Waals surface area contributed by atoms with Crippen LogP contribution in [0.15, 0.2) is 43.0 Å². The molecule has 46 heavy (non-hydrogen) atoms. The first-order valence-corrected chi connectivity index (χ1v) is 15.3. The molecule has 0 saturated carbocycles. The minimum atomic E-state index is -0.625. The van der Waals surface area contributed by atoms with Gasteiger partial charge in [0, 0.05) is 56.9 Å².